The number of esters is 1. The second-order valence-corrected chi connectivity index (χ2v) is 7.96. The molecule has 8 heteroatoms. The zero-order chi connectivity index (χ0) is 22.7. The highest BCUT2D eigenvalue weighted by atomic mass is 127. The Labute approximate surface area is 196 Å². The first-order chi connectivity index (χ1) is 15.4. The molecule has 0 bridgehead atoms. The molecule has 0 aromatic heterocycles. The maximum absolute atomic E-state index is 13.4. The van der Waals surface area contributed by atoms with E-state index in [0.717, 1.165) is 3.57 Å². The SMILES string of the molecule is COc1cc(/C=C2\N=C(c3ccc(F)cc3)OC2=O)cc(I)c1OCc1cccc(F)c1. The number of carbonyl (C=O) groups excluding carboxylic acids is 1. The first-order valence-corrected chi connectivity index (χ1v) is 10.5. The molecule has 5 nitrogen and oxygen atoms in total. The highest BCUT2D eigenvalue weighted by molar-refractivity contribution is 14.1. The van der Waals surface area contributed by atoms with Crippen LogP contribution in [0.4, 0.5) is 8.78 Å². The molecule has 0 saturated heterocycles. The van der Waals surface area contributed by atoms with E-state index < -0.39 is 11.8 Å². The Morgan fingerprint density at radius 2 is 1.84 bits per heavy atom. The molecule has 1 heterocycles. The number of hydrogen-bond donors (Lipinski definition) is 0. The number of ether oxygens (including phenoxy) is 3. The number of carbonyl (C=O) groups is 1. The molecule has 162 valence electrons. The summed E-state index contributed by atoms with van der Waals surface area (Å²) in [5.74, 6) is -0.268. The predicted octanol–water partition coefficient (Wildman–Crippen LogP) is 5.50. The highest BCUT2D eigenvalue weighted by Crippen LogP contribution is 2.35. The summed E-state index contributed by atoms with van der Waals surface area (Å²) in [5.41, 5.74) is 1.94. The molecule has 0 radical (unpaired) electrons. The number of aliphatic imine (C=N–C) groups is 1. The second kappa shape index (κ2) is 9.47. The Balaban J connectivity index is 1.59. The van der Waals surface area contributed by atoms with Gasteiger partial charge in [-0.3, -0.25) is 0 Å². The minimum absolute atomic E-state index is 0.107. The van der Waals surface area contributed by atoms with Gasteiger partial charge >= 0.3 is 5.97 Å². The van der Waals surface area contributed by atoms with Crippen molar-refractivity contribution in [2.75, 3.05) is 7.11 Å². The minimum Gasteiger partial charge on any atom is -0.493 e. The molecule has 1 aliphatic rings. The number of nitrogens with zero attached hydrogens (tertiary/aromatic N) is 1. The van der Waals surface area contributed by atoms with Gasteiger partial charge in [-0.05, 0) is 88.3 Å². The van der Waals surface area contributed by atoms with E-state index in [4.69, 9.17) is 14.2 Å². The van der Waals surface area contributed by atoms with Crippen LogP contribution in [-0.4, -0.2) is 19.0 Å². The molecule has 0 unspecified atom stereocenters. The fourth-order valence-electron chi connectivity index (χ4n) is 3.03. The average molecular weight is 547 g/mol. The van der Waals surface area contributed by atoms with Crippen LogP contribution in [0.5, 0.6) is 11.5 Å². The lowest BCUT2D eigenvalue weighted by atomic mass is 10.1. The Hall–Kier alpha value is -3.27. The summed E-state index contributed by atoms with van der Waals surface area (Å²) in [6.45, 7) is 0.169. The lowest BCUT2D eigenvalue weighted by Gasteiger charge is -2.14. The zero-order valence-corrected chi connectivity index (χ0v) is 18.9. The van der Waals surface area contributed by atoms with E-state index in [0.29, 0.717) is 28.2 Å². The maximum Gasteiger partial charge on any atom is 0.363 e. The summed E-state index contributed by atoms with van der Waals surface area (Å²) in [4.78, 5) is 16.5. The van der Waals surface area contributed by atoms with Crippen molar-refractivity contribution in [3.8, 4) is 11.5 Å². The Morgan fingerprint density at radius 1 is 1.06 bits per heavy atom. The maximum atomic E-state index is 13.4. The summed E-state index contributed by atoms with van der Waals surface area (Å²) >= 11 is 2.10. The topological polar surface area (TPSA) is 57.1 Å². The first kappa shape index (κ1) is 21.9. The van der Waals surface area contributed by atoms with Crippen LogP contribution >= 0.6 is 22.6 Å². The van der Waals surface area contributed by atoms with Crippen molar-refractivity contribution in [3.05, 3.63) is 98.3 Å². The van der Waals surface area contributed by atoms with Crippen molar-refractivity contribution < 1.29 is 27.8 Å². The molecule has 0 amide bonds. The molecule has 0 saturated carbocycles. The normalized spacial score (nSPS) is 14.3. The third kappa shape index (κ3) is 4.96. The van der Waals surface area contributed by atoms with Gasteiger partial charge in [0.1, 0.15) is 18.2 Å². The van der Waals surface area contributed by atoms with Gasteiger partial charge in [-0.15, -0.1) is 0 Å². The largest absolute Gasteiger partial charge is 0.493 e. The van der Waals surface area contributed by atoms with Crippen LogP contribution in [0.25, 0.3) is 6.08 Å². The van der Waals surface area contributed by atoms with Crippen LogP contribution in [-0.2, 0) is 16.1 Å². The Morgan fingerprint density at radius 3 is 2.56 bits per heavy atom. The van der Waals surface area contributed by atoms with Crippen molar-refractivity contribution in [1.29, 1.82) is 0 Å². The standard InChI is InChI=1S/C24H16F2INO4/c1-30-21-12-15(10-19(27)22(21)31-13-14-3-2-4-18(26)9-14)11-20-24(29)32-23(28-20)16-5-7-17(25)8-6-16/h2-12H,13H2,1H3/b20-11-. The van der Waals surface area contributed by atoms with Gasteiger partial charge in [-0.25, -0.2) is 18.6 Å². The number of benzene rings is 3. The molecule has 3 aromatic carbocycles. The molecular formula is C24H16F2INO4. The zero-order valence-electron chi connectivity index (χ0n) is 16.8. The number of cyclic esters (lactones) is 1. The average Bonchev–Trinajstić information content (AvgIpc) is 3.13. The van der Waals surface area contributed by atoms with E-state index in [-0.39, 0.29) is 24.0 Å². The third-order valence-corrected chi connectivity index (χ3v) is 5.34. The van der Waals surface area contributed by atoms with Crippen LogP contribution in [0.2, 0.25) is 0 Å². The molecule has 0 fully saturated rings. The molecule has 0 spiro atoms. The van der Waals surface area contributed by atoms with E-state index in [9.17, 15) is 13.6 Å². The predicted molar refractivity (Wildman–Crippen MR) is 123 cm³/mol. The highest BCUT2D eigenvalue weighted by Gasteiger charge is 2.24. The van der Waals surface area contributed by atoms with Gasteiger partial charge in [-0.1, -0.05) is 12.1 Å². The summed E-state index contributed by atoms with van der Waals surface area (Å²) in [6.07, 6.45) is 1.57. The van der Waals surface area contributed by atoms with Crippen molar-refractivity contribution in [1.82, 2.24) is 0 Å². The van der Waals surface area contributed by atoms with E-state index >= 15 is 0 Å². The number of methoxy groups -OCH3 is 1. The molecule has 0 atom stereocenters. The number of hydrogen-bond acceptors (Lipinski definition) is 5. The number of rotatable bonds is 6. The van der Waals surface area contributed by atoms with Gasteiger partial charge in [0.05, 0.1) is 10.7 Å². The van der Waals surface area contributed by atoms with Crippen molar-refractivity contribution in [3.63, 3.8) is 0 Å². The van der Waals surface area contributed by atoms with Gasteiger partial charge in [0.2, 0.25) is 5.90 Å². The van der Waals surface area contributed by atoms with Gasteiger partial charge in [-0.2, -0.15) is 0 Å². The van der Waals surface area contributed by atoms with Gasteiger partial charge < -0.3 is 14.2 Å². The van der Waals surface area contributed by atoms with E-state index in [1.807, 2.05) is 0 Å². The van der Waals surface area contributed by atoms with Crippen molar-refractivity contribution in [2.24, 2.45) is 4.99 Å². The number of halogens is 3. The fourth-order valence-corrected chi connectivity index (χ4v) is 3.81. The van der Waals surface area contributed by atoms with Gasteiger partial charge in [0.25, 0.3) is 0 Å². The molecule has 0 N–H and O–H groups in total. The van der Waals surface area contributed by atoms with E-state index in [1.165, 1.54) is 43.5 Å². The summed E-state index contributed by atoms with van der Waals surface area (Å²) in [7, 11) is 1.51. The summed E-state index contributed by atoms with van der Waals surface area (Å²) in [5, 5.41) is 0. The molecule has 0 aliphatic carbocycles. The van der Waals surface area contributed by atoms with Gasteiger partial charge in [0.15, 0.2) is 17.2 Å². The van der Waals surface area contributed by atoms with Crippen LogP contribution < -0.4 is 9.47 Å². The molecule has 32 heavy (non-hydrogen) atoms. The van der Waals surface area contributed by atoms with Crippen LogP contribution in [0.1, 0.15) is 16.7 Å². The smallest absolute Gasteiger partial charge is 0.363 e. The lowest BCUT2D eigenvalue weighted by molar-refractivity contribution is -0.129. The van der Waals surface area contributed by atoms with E-state index in [1.54, 1.807) is 30.3 Å². The third-order valence-electron chi connectivity index (χ3n) is 4.54. The molecule has 1 aliphatic heterocycles. The first-order valence-electron chi connectivity index (χ1n) is 9.46. The van der Waals surface area contributed by atoms with Crippen LogP contribution in [0, 0.1) is 15.2 Å². The second-order valence-electron chi connectivity index (χ2n) is 6.80. The van der Waals surface area contributed by atoms with Crippen LogP contribution in [0.3, 0.4) is 0 Å². The molecular weight excluding hydrogens is 531 g/mol. The summed E-state index contributed by atoms with van der Waals surface area (Å²) < 4.78 is 43.8. The van der Waals surface area contributed by atoms with Crippen molar-refractivity contribution >= 4 is 40.5 Å². The minimum atomic E-state index is -0.607. The Bertz CT molecular complexity index is 1240. The molecule has 3 aromatic rings. The quantitative estimate of drug-likeness (QED) is 0.233. The van der Waals surface area contributed by atoms with Gasteiger partial charge in [0, 0.05) is 5.56 Å². The van der Waals surface area contributed by atoms with Crippen molar-refractivity contribution in [2.45, 2.75) is 6.61 Å². The monoisotopic (exact) mass is 547 g/mol. The van der Waals surface area contributed by atoms with E-state index in [2.05, 4.69) is 27.6 Å². The summed E-state index contributed by atoms with van der Waals surface area (Å²) in [6, 6.07) is 15.2. The lowest BCUT2D eigenvalue weighted by Crippen LogP contribution is -2.05. The fraction of sp³-hybridized carbons (Fsp3) is 0.0833. The van der Waals surface area contributed by atoms with Crippen LogP contribution in [0.15, 0.2) is 71.4 Å². The molecule has 4 rings (SSSR count). The Kier molecular flexibility index (Phi) is 6.50.